The first kappa shape index (κ1) is 16.4. The first-order valence-corrected chi connectivity index (χ1v) is 5.59. The Morgan fingerprint density at radius 3 is 2.11 bits per heavy atom. The summed E-state index contributed by atoms with van der Waals surface area (Å²) < 4.78 is 0. The standard InChI is InChI=1S/C11H21N3O4/c1-11(2,3)8(9(16)13-4)14-7(15)5-6(12)10(17)18/h6,8H,5,12H2,1-4H3,(H,13,16)(H,14,15)(H,17,18)/t6-,8-/m1/s1. The molecule has 2 amide bonds. The Morgan fingerprint density at radius 2 is 1.78 bits per heavy atom. The number of hydrogen-bond donors (Lipinski definition) is 4. The lowest BCUT2D eigenvalue weighted by Gasteiger charge is -2.30. The molecule has 0 unspecified atom stereocenters. The minimum absolute atomic E-state index is 0.334. The summed E-state index contributed by atoms with van der Waals surface area (Å²) >= 11 is 0. The smallest absolute Gasteiger partial charge is 0.321 e. The summed E-state index contributed by atoms with van der Waals surface area (Å²) in [7, 11) is 1.47. The molecule has 0 aliphatic rings. The van der Waals surface area contributed by atoms with Crippen LogP contribution in [0.25, 0.3) is 0 Å². The molecule has 0 spiro atoms. The average Bonchev–Trinajstić information content (AvgIpc) is 2.23. The molecular weight excluding hydrogens is 238 g/mol. The van der Waals surface area contributed by atoms with Crippen LogP contribution in [-0.4, -0.2) is 42.0 Å². The minimum atomic E-state index is -1.27. The predicted molar refractivity (Wildman–Crippen MR) is 65.7 cm³/mol. The number of amides is 2. The lowest BCUT2D eigenvalue weighted by atomic mass is 9.86. The zero-order valence-electron chi connectivity index (χ0n) is 11.1. The molecule has 7 heteroatoms. The molecule has 104 valence electrons. The molecule has 7 nitrogen and oxygen atoms in total. The molecule has 0 saturated heterocycles. The first-order chi connectivity index (χ1) is 8.09. The molecule has 0 bridgehead atoms. The Morgan fingerprint density at radius 1 is 1.28 bits per heavy atom. The average molecular weight is 259 g/mol. The lowest BCUT2D eigenvalue weighted by molar-refractivity contribution is -0.140. The third kappa shape index (κ3) is 5.13. The van der Waals surface area contributed by atoms with Crippen molar-refractivity contribution in [3.63, 3.8) is 0 Å². The molecule has 18 heavy (non-hydrogen) atoms. The van der Waals surface area contributed by atoms with Gasteiger partial charge in [-0.15, -0.1) is 0 Å². The van der Waals surface area contributed by atoms with Crippen molar-refractivity contribution in [2.24, 2.45) is 11.1 Å². The van der Waals surface area contributed by atoms with E-state index in [0.29, 0.717) is 0 Å². The van der Waals surface area contributed by atoms with Crippen molar-refractivity contribution in [2.75, 3.05) is 7.05 Å². The second-order valence-electron chi connectivity index (χ2n) is 5.13. The van der Waals surface area contributed by atoms with Crippen molar-refractivity contribution in [1.82, 2.24) is 10.6 Å². The van der Waals surface area contributed by atoms with Gasteiger partial charge in [0.1, 0.15) is 12.1 Å². The van der Waals surface area contributed by atoms with Gasteiger partial charge in [0, 0.05) is 7.05 Å². The van der Waals surface area contributed by atoms with Gasteiger partial charge in [-0.05, 0) is 5.41 Å². The summed E-state index contributed by atoms with van der Waals surface area (Å²) in [5.74, 6) is -2.15. The highest BCUT2D eigenvalue weighted by Crippen LogP contribution is 2.19. The molecule has 0 aromatic rings. The molecule has 2 atom stereocenters. The fourth-order valence-electron chi connectivity index (χ4n) is 1.33. The van der Waals surface area contributed by atoms with E-state index < -0.39 is 29.4 Å². The van der Waals surface area contributed by atoms with E-state index in [1.54, 1.807) is 20.8 Å². The second-order valence-corrected chi connectivity index (χ2v) is 5.13. The quantitative estimate of drug-likeness (QED) is 0.508. The number of hydrogen-bond acceptors (Lipinski definition) is 4. The number of carbonyl (C=O) groups is 3. The third-order valence-corrected chi connectivity index (χ3v) is 2.40. The number of carboxylic acids is 1. The van der Waals surface area contributed by atoms with Crippen LogP contribution in [-0.2, 0) is 14.4 Å². The maximum absolute atomic E-state index is 11.6. The molecule has 0 heterocycles. The van der Waals surface area contributed by atoms with Gasteiger partial charge in [-0.3, -0.25) is 14.4 Å². The largest absolute Gasteiger partial charge is 0.480 e. The van der Waals surface area contributed by atoms with E-state index in [1.807, 2.05) is 0 Å². The summed E-state index contributed by atoms with van der Waals surface area (Å²) in [6, 6.07) is -2.01. The highest BCUT2D eigenvalue weighted by molar-refractivity contribution is 5.90. The molecule has 0 aromatic carbocycles. The Kier molecular flexibility index (Phi) is 5.77. The van der Waals surface area contributed by atoms with Crippen molar-refractivity contribution in [3.8, 4) is 0 Å². The van der Waals surface area contributed by atoms with E-state index >= 15 is 0 Å². The number of carboxylic acid groups (broad SMARTS) is 1. The highest BCUT2D eigenvalue weighted by Gasteiger charge is 2.32. The maximum atomic E-state index is 11.6. The van der Waals surface area contributed by atoms with Crippen LogP contribution in [0.15, 0.2) is 0 Å². The number of aliphatic carboxylic acids is 1. The number of rotatable bonds is 5. The van der Waals surface area contributed by atoms with Crippen molar-refractivity contribution >= 4 is 17.8 Å². The number of nitrogens with one attached hydrogen (secondary N) is 2. The van der Waals surface area contributed by atoms with Crippen LogP contribution in [0.5, 0.6) is 0 Å². The van der Waals surface area contributed by atoms with E-state index in [0.717, 1.165) is 0 Å². The Balaban J connectivity index is 4.65. The van der Waals surface area contributed by atoms with Gasteiger partial charge in [0.25, 0.3) is 0 Å². The molecular formula is C11H21N3O4. The van der Waals surface area contributed by atoms with Gasteiger partial charge in [-0.25, -0.2) is 0 Å². The Labute approximate surface area is 106 Å². The van der Waals surface area contributed by atoms with E-state index in [-0.39, 0.29) is 12.3 Å². The highest BCUT2D eigenvalue weighted by atomic mass is 16.4. The molecule has 0 fully saturated rings. The summed E-state index contributed by atoms with van der Waals surface area (Å²) in [5.41, 5.74) is 4.77. The summed E-state index contributed by atoms with van der Waals surface area (Å²) in [5, 5.41) is 13.5. The van der Waals surface area contributed by atoms with Crippen molar-refractivity contribution in [3.05, 3.63) is 0 Å². The monoisotopic (exact) mass is 259 g/mol. The van der Waals surface area contributed by atoms with Crippen LogP contribution in [0.1, 0.15) is 27.2 Å². The van der Waals surface area contributed by atoms with Gasteiger partial charge in [0.05, 0.1) is 6.42 Å². The molecule has 0 aromatic heterocycles. The van der Waals surface area contributed by atoms with Crippen LogP contribution < -0.4 is 16.4 Å². The number of likely N-dealkylation sites (N-methyl/N-ethyl adjacent to an activating group) is 1. The lowest BCUT2D eigenvalue weighted by Crippen LogP contribution is -2.53. The Bertz CT molecular complexity index is 336. The summed E-state index contributed by atoms with van der Waals surface area (Å²) in [6.07, 6.45) is -0.362. The van der Waals surface area contributed by atoms with E-state index in [2.05, 4.69) is 10.6 Å². The van der Waals surface area contributed by atoms with Crippen molar-refractivity contribution in [1.29, 1.82) is 0 Å². The molecule has 0 radical (unpaired) electrons. The number of carbonyl (C=O) groups excluding carboxylic acids is 2. The predicted octanol–water partition coefficient (Wildman–Crippen LogP) is -0.935. The summed E-state index contributed by atoms with van der Waals surface area (Å²) in [4.78, 5) is 33.8. The SMILES string of the molecule is CNC(=O)[C@@H](NC(=O)C[C@@H](N)C(=O)O)C(C)(C)C. The number of nitrogens with two attached hydrogens (primary N) is 1. The summed E-state index contributed by atoms with van der Waals surface area (Å²) in [6.45, 7) is 5.39. The molecule has 0 rings (SSSR count). The Hall–Kier alpha value is -1.63. The van der Waals surface area contributed by atoms with Crippen LogP contribution in [0.2, 0.25) is 0 Å². The van der Waals surface area contributed by atoms with Gasteiger partial charge in [0.15, 0.2) is 0 Å². The molecule has 0 aliphatic heterocycles. The fraction of sp³-hybridized carbons (Fsp3) is 0.727. The topological polar surface area (TPSA) is 122 Å². The molecule has 0 aliphatic carbocycles. The fourth-order valence-corrected chi connectivity index (χ4v) is 1.33. The van der Waals surface area contributed by atoms with Gasteiger partial charge >= 0.3 is 5.97 Å². The zero-order chi connectivity index (χ0) is 14.5. The third-order valence-electron chi connectivity index (χ3n) is 2.40. The van der Waals surface area contributed by atoms with E-state index in [1.165, 1.54) is 7.05 Å². The normalized spacial score (nSPS) is 14.5. The molecule has 0 saturated carbocycles. The maximum Gasteiger partial charge on any atom is 0.321 e. The van der Waals surface area contributed by atoms with Crippen LogP contribution >= 0.6 is 0 Å². The van der Waals surface area contributed by atoms with Gasteiger partial charge in [0.2, 0.25) is 11.8 Å². The minimum Gasteiger partial charge on any atom is -0.480 e. The molecule has 5 N–H and O–H groups in total. The second kappa shape index (κ2) is 6.34. The van der Waals surface area contributed by atoms with E-state index in [4.69, 9.17) is 10.8 Å². The van der Waals surface area contributed by atoms with Crippen LogP contribution in [0.4, 0.5) is 0 Å². The van der Waals surface area contributed by atoms with Crippen LogP contribution in [0.3, 0.4) is 0 Å². The van der Waals surface area contributed by atoms with Crippen molar-refractivity contribution in [2.45, 2.75) is 39.3 Å². The first-order valence-electron chi connectivity index (χ1n) is 5.59. The van der Waals surface area contributed by atoms with Crippen LogP contribution in [0, 0.1) is 5.41 Å². The van der Waals surface area contributed by atoms with Crippen molar-refractivity contribution < 1.29 is 19.5 Å². The zero-order valence-corrected chi connectivity index (χ0v) is 11.1. The van der Waals surface area contributed by atoms with E-state index in [9.17, 15) is 14.4 Å². The van der Waals surface area contributed by atoms with Gasteiger partial charge < -0.3 is 21.5 Å². The van der Waals surface area contributed by atoms with Gasteiger partial charge in [-0.2, -0.15) is 0 Å². The van der Waals surface area contributed by atoms with Gasteiger partial charge in [-0.1, -0.05) is 20.8 Å².